The monoisotopic (exact) mass is 570 g/mol. The summed E-state index contributed by atoms with van der Waals surface area (Å²) in [5.41, 5.74) is 3.50. The molecule has 0 spiro atoms. The Labute approximate surface area is 232 Å². The summed E-state index contributed by atoms with van der Waals surface area (Å²) in [5, 5.41) is 8.22. The zero-order valence-electron chi connectivity index (χ0n) is 20.8. The maximum absolute atomic E-state index is 13.4. The molecule has 0 aliphatic carbocycles. The number of halogens is 2. The first-order valence-corrected chi connectivity index (χ1v) is 14.3. The molecule has 0 bridgehead atoms. The van der Waals surface area contributed by atoms with Crippen molar-refractivity contribution in [3.8, 4) is 0 Å². The van der Waals surface area contributed by atoms with Crippen LogP contribution in [0.4, 0.5) is 5.69 Å². The van der Waals surface area contributed by atoms with Crippen molar-refractivity contribution in [2.45, 2.75) is 24.8 Å². The molecule has 7 nitrogen and oxygen atoms in total. The van der Waals surface area contributed by atoms with E-state index < -0.39 is 10.0 Å². The number of benzene rings is 3. The first-order valence-electron chi connectivity index (χ1n) is 12.1. The topological polar surface area (TPSA) is 91.4 Å². The lowest BCUT2D eigenvalue weighted by molar-refractivity contribution is -0.121. The highest BCUT2D eigenvalue weighted by Crippen LogP contribution is 2.24. The minimum Gasteiger partial charge on any atom is -0.384 e. The fraction of sp³-hybridized carbons (Fsp3) is 0.214. The van der Waals surface area contributed by atoms with E-state index in [0.29, 0.717) is 29.6 Å². The Bertz CT molecular complexity index is 1530. The minimum absolute atomic E-state index is 0.0751. The molecule has 0 aliphatic heterocycles. The predicted octanol–water partition coefficient (Wildman–Crippen LogP) is 5.66. The molecule has 0 aliphatic rings. The van der Waals surface area contributed by atoms with Gasteiger partial charge in [0.05, 0.1) is 17.0 Å². The molecule has 0 fully saturated rings. The fourth-order valence-corrected chi connectivity index (χ4v) is 5.66. The largest absolute Gasteiger partial charge is 0.384 e. The lowest BCUT2D eigenvalue weighted by Gasteiger charge is -2.23. The van der Waals surface area contributed by atoms with Crippen LogP contribution >= 0.6 is 23.2 Å². The van der Waals surface area contributed by atoms with E-state index in [-0.39, 0.29) is 23.9 Å². The summed E-state index contributed by atoms with van der Waals surface area (Å²) in [5.74, 6) is -0.375. The molecule has 3 aromatic carbocycles. The van der Waals surface area contributed by atoms with Crippen molar-refractivity contribution in [1.29, 1.82) is 0 Å². The Kier molecular flexibility index (Phi) is 9.22. The lowest BCUT2D eigenvalue weighted by Crippen LogP contribution is -2.40. The normalized spacial score (nSPS) is 11.6. The average molecular weight is 572 g/mol. The summed E-state index contributed by atoms with van der Waals surface area (Å²) in [6.45, 7) is 2.68. The van der Waals surface area contributed by atoms with Crippen molar-refractivity contribution in [2.75, 3.05) is 25.0 Å². The molecule has 1 amide bonds. The van der Waals surface area contributed by atoms with Gasteiger partial charge >= 0.3 is 0 Å². The van der Waals surface area contributed by atoms with E-state index in [1.54, 1.807) is 6.20 Å². The highest BCUT2D eigenvalue weighted by atomic mass is 35.5. The zero-order valence-corrected chi connectivity index (χ0v) is 23.2. The number of rotatable bonds is 11. The molecule has 198 valence electrons. The molecule has 1 aromatic heterocycles. The standard InChI is InChI=1S/C28H28Cl2N4O3S/c1-20-5-2-3-6-21(20)18-34(38(36,37)24-10-7-22(29)8-11-24)19-28(35)33-15-4-14-31-26-13-16-32-27-17-23(30)9-12-25(26)27/h2-3,5-13,16-17H,4,14-15,18-19H2,1H3,(H,31,32)(H,33,35). The highest BCUT2D eigenvalue weighted by molar-refractivity contribution is 7.89. The van der Waals surface area contributed by atoms with Gasteiger partial charge in [-0.15, -0.1) is 0 Å². The van der Waals surface area contributed by atoms with Gasteiger partial charge in [0.2, 0.25) is 15.9 Å². The molecule has 0 unspecified atom stereocenters. The van der Waals surface area contributed by atoms with Crippen LogP contribution in [0.15, 0.2) is 83.9 Å². The number of carbonyl (C=O) groups is 1. The average Bonchev–Trinajstić information content (AvgIpc) is 2.89. The molecule has 4 rings (SSSR count). The van der Waals surface area contributed by atoms with Crippen LogP contribution in [0.2, 0.25) is 10.0 Å². The van der Waals surface area contributed by atoms with E-state index in [1.807, 2.05) is 55.5 Å². The molecule has 10 heteroatoms. The second-order valence-corrected chi connectivity index (χ2v) is 11.6. The Hall–Kier alpha value is -3.17. The van der Waals surface area contributed by atoms with Gasteiger partial charge in [-0.05, 0) is 73.0 Å². The quantitative estimate of drug-likeness (QED) is 0.227. The predicted molar refractivity (Wildman–Crippen MR) is 153 cm³/mol. The Morgan fingerprint density at radius 2 is 1.68 bits per heavy atom. The van der Waals surface area contributed by atoms with Gasteiger partial charge in [-0.1, -0.05) is 47.5 Å². The van der Waals surface area contributed by atoms with Crippen molar-refractivity contribution in [3.05, 3.63) is 100 Å². The lowest BCUT2D eigenvalue weighted by atomic mass is 10.1. The number of nitrogens with zero attached hydrogens (tertiary/aromatic N) is 2. The van der Waals surface area contributed by atoms with Crippen LogP contribution in [0.1, 0.15) is 17.5 Å². The molecule has 0 saturated heterocycles. The Morgan fingerprint density at radius 3 is 2.45 bits per heavy atom. The van der Waals surface area contributed by atoms with Gasteiger partial charge in [-0.2, -0.15) is 4.31 Å². The fourth-order valence-electron chi connectivity index (χ4n) is 3.99. The van der Waals surface area contributed by atoms with Gasteiger partial charge in [0, 0.05) is 46.9 Å². The number of fused-ring (bicyclic) bond motifs is 1. The van der Waals surface area contributed by atoms with Crippen LogP contribution in [0.25, 0.3) is 10.9 Å². The molecule has 2 N–H and O–H groups in total. The Balaban J connectivity index is 1.37. The summed E-state index contributed by atoms with van der Waals surface area (Å²) in [4.78, 5) is 17.2. The van der Waals surface area contributed by atoms with Crippen molar-refractivity contribution >= 4 is 55.7 Å². The summed E-state index contributed by atoms with van der Waals surface area (Å²) in [6.07, 6.45) is 2.36. The number of pyridine rings is 1. The number of sulfonamides is 1. The van der Waals surface area contributed by atoms with Crippen LogP contribution in [0.3, 0.4) is 0 Å². The third-order valence-corrected chi connectivity index (χ3v) is 8.37. The van der Waals surface area contributed by atoms with Crippen molar-refractivity contribution in [2.24, 2.45) is 0 Å². The van der Waals surface area contributed by atoms with E-state index >= 15 is 0 Å². The highest BCUT2D eigenvalue weighted by Gasteiger charge is 2.27. The first kappa shape index (κ1) is 27.9. The van der Waals surface area contributed by atoms with Gasteiger partial charge < -0.3 is 10.6 Å². The number of aryl methyl sites for hydroxylation is 1. The number of amides is 1. The molecule has 0 saturated carbocycles. The summed E-state index contributed by atoms with van der Waals surface area (Å²) in [7, 11) is -3.94. The van der Waals surface area contributed by atoms with E-state index in [1.165, 1.54) is 28.6 Å². The smallest absolute Gasteiger partial charge is 0.243 e. The first-order chi connectivity index (χ1) is 18.2. The zero-order chi connectivity index (χ0) is 27.1. The van der Waals surface area contributed by atoms with E-state index in [9.17, 15) is 13.2 Å². The van der Waals surface area contributed by atoms with Crippen molar-refractivity contribution < 1.29 is 13.2 Å². The molecular weight excluding hydrogens is 543 g/mol. The van der Waals surface area contributed by atoms with Gasteiger partial charge in [0.1, 0.15) is 0 Å². The van der Waals surface area contributed by atoms with Gasteiger partial charge in [-0.25, -0.2) is 8.42 Å². The number of hydrogen-bond donors (Lipinski definition) is 2. The maximum atomic E-state index is 13.4. The molecule has 4 aromatic rings. The molecule has 1 heterocycles. The number of hydrogen-bond acceptors (Lipinski definition) is 5. The number of aromatic nitrogens is 1. The molecular formula is C28H28Cl2N4O3S. The van der Waals surface area contributed by atoms with Crippen LogP contribution in [-0.4, -0.2) is 43.2 Å². The second kappa shape index (κ2) is 12.6. The van der Waals surface area contributed by atoms with Gasteiger partial charge in [0.25, 0.3) is 0 Å². The van der Waals surface area contributed by atoms with Crippen LogP contribution in [0, 0.1) is 6.92 Å². The third-order valence-electron chi connectivity index (χ3n) is 6.08. The maximum Gasteiger partial charge on any atom is 0.243 e. The summed E-state index contributed by atoms with van der Waals surface area (Å²) >= 11 is 12.0. The molecule has 0 radical (unpaired) electrons. The number of nitrogens with one attached hydrogen (secondary N) is 2. The van der Waals surface area contributed by atoms with Gasteiger partial charge in [0.15, 0.2) is 0 Å². The van der Waals surface area contributed by atoms with E-state index in [2.05, 4.69) is 15.6 Å². The number of carbonyl (C=O) groups excluding carboxylic acids is 1. The van der Waals surface area contributed by atoms with Crippen LogP contribution in [-0.2, 0) is 21.4 Å². The Morgan fingerprint density at radius 1 is 0.947 bits per heavy atom. The van der Waals surface area contributed by atoms with Crippen molar-refractivity contribution in [3.63, 3.8) is 0 Å². The third kappa shape index (κ3) is 7.02. The van der Waals surface area contributed by atoms with Crippen molar-refractivity contribution in [1.82, 2.24) is 14.6 Å². The van der Waals surface area contributed by atoms with E-state index in [4.69, 9.17) is 23.2 Å². The second-order valence-electron chi connectivity index (χ2n) is 8.80. The van der Waals surface area contributed by atoms with E-state index in [0.717, 1.165) is 27.7 Å². The summed E-state index contributed by atoms with van der Waals surface area (Å²) < 4.78 is 28.1. The van der Waals surface area contributed by atoms with Crippen LogP contribution in [0.5, 0.6) is 0 Å². The summed E-state index contributed by atoms with van der Waals surface area (Å²) in [6, 6.07) is 20.9. The van der Waals surface area contributed by atoms with Gasteiger partial charge in [-0.3, -0.25) is 9.78 Å². The minimum atomic E-state index is -3.94. The number of anilines is 1. The SMILES string of the molecule is Cc1ccccc1CN(CC(=O)NCCCNc1ccnc2cc(Cl)ccc12)S(=O)(=O)c1ccc(Cl)cc1. The molecule has 38 heavy (non-hydrogen) atoms. The molecule has 0 atom stereocenters. The van der Waals surface area contributed by atoms with Crippen LogP contribution < -0.4 is 10.6 Å².